The van der Waals surface area contributed by atoms with E-state index in [0.717, 1.165) is 13.0 Å². The predicted octanol–water partition coefficient (Wildman–Crippen LogP) is 4.48. The van der Waals surface area contributed by atoms with Gasteiger partial charge in [0.25, 0.3) is 0 Å². The molecule has 0 saturated heterocycles. The zero-order chi connectivity index (χ0) is 13.0. The van der Waals surface area contributed by atoms with E-state index in [1.165, 1.54) is 27.9 Å². The highest BCUT2D eigenvalue weighted by Gasteiger charge is 2.00. The summed E-state index contributed by atoms with van der Waals surface area (Å²) in [4.78, 5) is 0. The Bertz CT molecular complexity index is 509. The molecule has 1 nitrogen and oxygen atoms in total. The SMILES string of the molecule is CCc1ccccc1NCc1cc(C)cc(C)c1. The van der Waals surface area contributed by atoms with E-state index >= 15 is 0 Å². The van der Waals surface area contributed by atoms with Crippen LogP contribution in [0.15, 0.2) is 42.5 Å². The third-order valence-electron chi connectivity index (χ3n) is 3.16. The van der Waals surface area contributed by atoms with E-state index < -0.39 is 0 Å². The van der Waals surface area contributed by atoms with E-state index in [-0.39, 0.29) is 0 Å². The molecule has 94 valence electrons. The van der Waals surface area contributed by atoms with Gasteiger partial charge in [-0.1, -0.05) is 54.4 Å². The summed E-state index contributed by atoms with van der Waals surface area (Å²) < 4.78 is 0. The summed E-state index contributed by atoms with van der Waals surface area (Å²) in [6, 6.07) is 15.2. The quantitative estimate of drug-likeness (QED) is 0.829. The summed E-state index contributed by atoms with van der Waals surface area (Å²) in [5.74, 6) is 0. The molecule has 18 heavy (non-hydrogen) atoms. The second kappa shape index (κ2) is 5.72. The molecular formula is C17H21N. The minimum absolute atomic E-state index is 0.888. The molecule has 0 amide bonds. The molecule has 0 aliphatic heterocycles. The Morgan fingerprint density at radius 1 is 0.944 bits per heavy atom. The average molecular weight is 239 g/mol. The Morgan fingerprint density at radius 3 is 2.28 bits per heavy atom. The van der Waals surface area contributed by atoms with Crippen LogP contribution >= 0.6 is 0 Å². The van der Waals surface area contributed by atoms with E-state index in [1.54, 1.807) is 0 Å². The molecule has 0 atom stereocenters. The van der Waals surface area contributed by atoms with Gasteiger partial charge in [-0.3, -0.25) is 0 Å². The summed E-state index contributed by atoms with van der Waals surface area (Å²) in [6.07, 6.45) is 1.07. The lowest BCUT2D eigenvalue weighted by Crippen LogP contribution is -2.02. The van der Waals surface area contributed by atoms with Gasteiger partial charge in [0.15, 0.2) is 0 Å². The van der Waals surface area contributed by atoms with Crippen LogP contribution in [0.4, 0.5) is 5.69 Å². The maximum absolute atomic E-state index is 3.53. The van der Waals surface area contributed by atoms with Crippen molar-refractivity contribution in [1.82, 2.24) is 0 Å². The lowest BCUT2D eigenvalue weighted by atomic mass is 10.1. The molecule has 2 aromatic carbocycles. The summed E-state index contributed by atoms with van der Waals surface area (Å²) in [7, 11) is 0. The molecule has 0 radical (unpaired) electrons. The van der Waals surface area contributed by atoms with Gasteiger partial charge in [-0.05, 0) is 37.5 Å². The highest BCUT2D eigenvalue weighted by atomic mass is 14.9. The van der Waals surface area contributed by atoms with E-state index in [4.69, 9.17) is 0 Å². The number of para-hydroxylation sites is 1. The summed E-state index contributed by atoms with van der Waals surface area (Å²) in [5, 5.41) is 3.53. The molecule has 0 aliphatic rings. The second-order valence-electron chi connectivity index (χ2n) is 4.86. The number of aryl methyl sites for hydroxylation is 3. The number of nitrogens with one attached hydrogen (secondary N) is 1. The predicted molar refractivity (Wildman–Crippen MR) is 79.1 cm³/mol. The molecule has 0 bridgehead atoms. The molecule has 0 heterocycles. The van der Waals surface area contributed by atoms with E-state index in [9.17, 15) is 0 Å². The third-order valence-corrected chi connectivity index (χ3v) is 3.16. The molecule has 1 heteroatoms. The van der Waals surface area contributed by atoms with Crippen molar-refractivity contribution in [3.8, 4) is 0 Å². The summed E-state index contributed by atoms with van der Waals surface area (Å²) in [6.45, 7) is 7.38. The Labute approximate surface area is 110 Å². The molecule has 0 spiro atoms. The molecule has 0 aliphatic carbocycles. The van der Waals surface area contributed by atoms with Crippen LogP contribution < -0.4 is 5.32 Å². The molecule has 0 fully saturated rings. The maximum atomic E-state index is 3.53. The average Bonchev–Trinajstić information content (AvgIpc) is 2.35. The van der Waals surface area contributed by atoms with E-state index in [1.807, 2.05) is 0 Å². The van der Waals surface area contributed by atoms with Crippen LogP contribution in [0.5, 0.6) is 0 Å². The number of hydrogen-bond acceptors (Lipinski definition) is 1. The van der Waals surface area contributed by atoms with Crippen molar-refractivity contribution in [3.63, 3.8) is 0 Å². The zero-order valence-corrected chi connectivity index (χ0v) is 11.5. The lowest BCUT2D eigenvalue weighted by Gasteiger charge is -2.11. The van der Waals surface area contributed by atoms with E-state index in [2.05, 4.69) is 68.6 Å². The zero-order valence-electron chi connectivity index (χ0n) is 11.5. The van der Waals surface area contributed by atoms with Crippen molar-refractivity contribution in [2.75, 3.05) is 5.32 Å². The number of hydrogen-bond donors (Lipinski definition) is 1. The van der Waals surface area contributed by atoms with Gasteiger partial charge < -0.3 is 5.32 Å². The minimum Gasteiger partial charge on any atom is -0.381 e. The van der Waals surface area contributed by atoms with Crippen molar-refractivity contribution >= 4 is 5.69 Å². The van der Waals surface area contributed by atoms with Crippen LogP contribution in [0.2, 0.25) is 0 Å². The normalized spacial score (nSPS) is 10.4. The monoisotopic (exact) mass is 239 g/mol. The van der Waals surface area contributed by atoms with Crippen molar-refractivity contribution in [1.29, 1.82) is 0 Å². The van der Waals surface area contributed by atoms with Gasteiger partial charge in [0.05, 0.1) is 0 Å². The largest absolute Gasteiger partial charge is 0.381 e. The topological polar surface area (TPSA) is 12.0 Å². The first-order valence-corrected chi connectivity index (χ1v) is 6.58. The first kappa shape index (κ1) is 12.7. The molecular weight excluding hydrogens is 218 g/mol. The minimum atomic E-state index is 0.888. The number of anilines is 1. The van der Waals surface area contributed by atoms with Crippen LogP contribution in [0.3, 0.4) is 0 Å². The van der Waals surface area contributed by atoms with Crippen LogP contribution in [-0.4, -0.2) is 0 Å². The fourth-order valence-corrected chi connectivity index (χ4v) is 2.37. The molecule has 2 aromatic rings. The van der Waals surface area contributed by atoms with Gasteiger partial charge in [-0.2, -0.15) is 0 Å². The third kappa shape index (κ3) is 3.13. The standard InChI is InChI=1S/C17H21N/c1-4-16-7-5-6-8-17(16)18-12-15-10-13(2)9-14(3)11-15/h5-11,18H,4,12H2,1-3H3. The fraction of sp³-hybridized carbons (Fsp3) is 0.294. The number of rotatable bonds is 4. The van der Waals surface area contributed by atoms with Gasteiger partial charge in [0.2, 0.25) is 0 Å². The Hall–Kier alpha value is -1.76. The lowest BCUT2D eigenvalue weighted by molar-refractivity contribution is 1.09. The molecule has 0 unspecified atom stereocenters. The van der Waals surface area contributed by atoms with Crippen LogP contribution in [0.1, 0.15) is 29.2 Å². The van der Waals surface area contributed by atoms with Gasteiger partial charge in [0.1, 0.15) is 0 Å². The Balaban J connectivity index is 2.11. The van der Waals surface area contributed by atoms with Crippen molar-refractivity contribution in [3.05, 3.63) is 64.7 Å². The van der Waals surface area contributed by atoms with Gasteiger partial charge >= 0.3 is 0 Å². The second-order valence-corrected chi connectivity index (χ2v) is 4.86. The Morgan fingerprint density at radius 2 is 1.61 bits per heavy atom. The smallest absolute Gasteiger partial charge is 0.0401 e. The first-order valence-electron chi connectivity index (χ1n) is 6.58. The van der Waals surface area contributed by atoms with Crippen LogP contribution in [0, 0.1) is 13.8 Å². The highest BCUT2D eigenvalue weighted by molar-refractivity contribution is 5.51. The molecule has 0 saturated carbocycles. The fourth-order valence-electron chi connectivity index (χ4n) is 2.37. The summed E-state index contributed by atoms with van der Waals surface area (Å²) in [5.41, 5.74) is 6.63. The molecule has 0 aromatic heterocycles. The summed E-state index contributed by atoms with van der Waals surface area (Å²) >= 11 is 0. The van der Waals surface area contributed by atoms with Crippen molar-refractivity contribution < 1.29 is 0 Å². The number of benzene rings is 2. The maximum Gasteiger partial charge on any atom is 0.0401 e. The first-order chi connectivity index (χ1) is 8.69. The van der Waals surface area contributed by atoms with Crippen molar-refractivity contribution in [2.24, 2.45) is 0 Å². The van der Waals surface area contributed by atoms with Gasteiger partial charge in [0, 0.05) is 12.2 Å². The highest BCUT2D eigenvalue weighted by Crippen LogP contribution is 2.17. The van der Waals surface area contributed by atoms with Crippen LogP contribution in [-0.2, 0) is 13.0 Å². The molecule has 1 N–H and O–H groups in total. The van der Waals surface area contributed by atoms with E-state index in [0.29, 0.717) is 0 Å². The van der Waals surface area contributed by atoms with Crippen LogP contribution in [0.25, 0.3) is 0 Å². The van der Waals surface area contributed by atoms with Gasteiger partial charge in [-0.25, -0.2) is 0 Å². The van der Waals surface area contributed by atoms with Crippen molar-refractivity contribution in [2.45, 2.75) is 33.7 Å². The Kier molecular flexibility index (Phi) is 4.03. The van der Waals surface area contributed by atoms with Gasteiger partial charge in [-0.15, -0.1) is 0 Å². The molecule has 2 rings (SSSR count).